The van der Waals surface area contributed by atoms with Crippen molar-refractivity contribution in [1.29, 1.82) is 0 Å². The van der Waals surface area contributed by atoms with Crippen molar-refractivity contribution in [2.45, 2.75) is 26.8 Å². The number of methoxy groups -OCH3 is 2. The molecule has 34 heavy (non-hydrogen) atoms. The number of benzene rings is 1. The molecule has 2 heterocycles. The Labute approximate surface area is 200 Å². The van der Waals surface area contributed by atoms with E-state index in [1.54, 1.807) is 19.1 Å². The van der Waals surface area contributed by atoms with Gasteiger partial charge in [-0.2, -0.15) is 0 Å². The highest BCUT2D eigenvalue weighted by Crippen LogP contribution is 2.31. The van der Waals surface area contributed by atoms with E-state index in [4.69, 9.17) is 9.47 Å². The second kappa shape index (κ2) is 11.5. The van der Waals surface area contributed by atoms with Crippen LogP contribution in [0.1, 0.15) is 20.8 Å². The number of hydrogen-bond acceptors (Lipinski definition) is 7. The fourth-order valence-corrected chi connectivity index (χ4v) is 3.76. The van der Waals surface area contributed by atoms with Crippen molar-refractivity contribution in [1.82, 2.24) is 25.3 Å². The number of piperazine rings is 1. The summed E-state index contributed by atoms with van der Waals surface area (Å²) in [7, 11) is 3.20. The average molecular weight is 471 g/mol. The maximum Gasteiger partial charge on any atom is 0.318 e. The average Bonchev–Trinajstić information content (AvgIpc) is 2.86. The molecule has 1 aromatic heterocycles. The number of rotatable bonds is 8. The zero-order chi connectivity index (χ0) is 24.7. The van der Waals surface area contributed by atoms with E-state index in [1.165, 1.54) is 4.90 Å². The fourth-order valence-electron chi connectivity index (χ4n) is 3.76. The molecule has 0 spiro atoms. The lowest BCUT2D eigenvalue weighted by Gasteiger charge is -2.36. The molecule has 0 bridgehead atoms. The first-order valence-electron chi connectivity index (χ1n) is 11.5. The van der Waals surface area contributed by atoms with Gasteiger partial charge in [-0.1, -0.05) is 0 Å². The minimum atomic E-state index is -0.214. The molecule has 1 aliphatic heterocycles. The molecule has 0 saturated carbocycles. The number of nitrogens with zero attached hydrogens (tertiary/aromatic N) is 5. The third-order valence-electron chi connectivity index (χ3n) is 5.69. The van der Waals surface area contributed by atoms with Crippen molar-refractivity contribution in [3.63, 3.8) is 0 Å². The van der Waals surface area contributed by atoms with Crippen LogP contribution in [0.15, 0.2) is 30.3 Å². The summed E-state index contributed by atoms with van der Waals surface area (Å²) in [5.41, 5.74) is 1.62. The Kier molecular flexibility index (Phi) is 8.50. The van der Waals surface area contributed by atoms with Crippen molar-refractivity contribution in [2.24, 2.45) is 0 Å². The molecule has 0 aliphatic carbocycles. The molecule has 3 rings (SSSR count). The van der Waals surface area contributed by atoms with Gasteiger partial charge in [0.1, 0.15) is 6.54 Å². The number of nitrogens with one attached hydrogen (secondary N) is 1. The van der Waals surface area contributed by atoms with Crippen LogP contribution in [0.4, 0.5) is 10.6 Å². The number of hydrogen-bond donors (Lipinski definition) is 1. The van der Waals surface area contributed by atoms with Gasteiger partial charge in [-0.25, -0.2) is 4.79 Å². The van der Waals surface area contributed by atoms with Crippen molar-refractivity contribution in [3.8, 4) is 22.8 Å². The SMILES string of the molecule is CCN(CC(=O)N1CCN(c2ccc(-c3ccc(OC)c(OC)c3)nn2)CC1)C(=O)NC(C)C. The number of likely N-dealkylation sites (N-methyl/N-ethyl adjacent to an activating group) is 1. The van der Waals surface area contributed by atoms with Crippen LogP contribution in [-0.4, -0.2) is 91.5 Å². The first kappa shape index (κ1) is 25.1. The highest BCUT2D eigenvalue weighted by molar-refractivity contribution is 5.84. The van der Waals surface area contributed by atoms with Crippen LogP contribution in [0.5, 0.6) is 11.5 Å². The van der Waals surface area contributed by atoms with Crippen molar-refractivity contribution < 1.29 is 19.1 Å². The molecule has 184 valence electrons. The molecule has 1 fully saturated rings. The Morgan fingerprint density at radius 2 is 1.74 bits per heavy atom. The number of carbonyl (C=O) groups is 2. The summed E-state index contributed by atoms with van der Waals surface area (Å²) in [6.07, 6.45) is 0. The van der Waals surface area contributed by atoms with Crippen molar-refractivity contribution in [3.05, 3.63) is 30.3 Å². The monoisotopic (exact) mass is 470 g/mol. The first-order chi connectivity index (χ1) is 16.4. The molecule has 0 radical (unpaired) electrons. The molecular weight excluding hydrogens is 436 g/mol. The lowest BCUT2D eigenvalue weighted by atomic mass is 10.1. The van der Waals surface area contributed by atoms with Gasteiger partial charge in [0.2, 0.25) is 5.91 Å². The second-order valence-electron chi connectivity index (χ2n) is 8.33. The zero-order valence-electron chi connectivity index (χ0n) is 20.6. The van der Waals surface area contributed by atoms with E-state index in [9.17, 15) is 9.59 Å². The summed E-state index contributed by atoms with van der Waals surface area (Å²) < 4.78 is 10.7. The maximum atomic E-state index is 12.7. The molecule has 0 atom stereocenters. The predicted octanol–water partition coefficient (Wildman–Crippen LogP) is 2.25. The molecule has 10 heteroatoms. The van der Waals surface area contributed by atoms with Crippen LogP contribution in [-0.2, 0) is 4.79 Å². The number of anilines is 1. The van der Waals surface area contributed by atoms with E-state index >= 15 is 0 Å². The number of urea groups is 1. The Bertz CT molecular complexity index is 974. The van der Waals surface area contributed by atoms with Gasteiger partial charge < -0.3 is 29.5 Å². The number of aromatic nitrogens is 2. The third-order valence-corrected chi connectivity index (χ3v) is 5.69. The Hall–Kier alpha value is -3.56. The number of amides is 3. The maximum absolute atomic E-state index is 12.7. The normalized spacial score (nSPS) is 13.6. The van der Waals surface area contributed by atoms with Crippen LogP contribution in [0.2, 0.25) is 0 Å². The largest absolute Gasteiger partial charge is 0.493 e. The second-order valence-corrected chi connectivity index (χ2v) is 8.33. The minimum absolute atomic E-state index is 0.0273. The fraction of sp³-hybridized carbons (Fsp3) is 0.500. The van der Waals surface area contributed by atoms with Gasteiger partial charge in [-0.05, 0) is 51.1 Å². The van der Waals surface area contributed by atoms with E-state index in [2.05, 4.69) is 20.4 Å². The number of ether oxygens (including phenoxy) is 2. The lowest BCUT2D eigenvalue weighted by Crippen LogP contribution is -2.53. The number of carbonyl (C=O) groups excluding carboxylic acids is 2. The Morgan fingerprint density at radius 1 is 1.03 bits per heavy atom. The molecule has 0 unspecified atom stereocenters. The van der Waals surface area contributed by atoms with Gasteiger partial charge in [0.25, 0.3) is 0 Å². The van der Waals surface area contributed by atoms with Crippen molar-refractivity contribution >= 4 is 17.8 Å². The summed E-state index contributed by atoms with van der Waals surface area (Å²) in [6.45, 7) is 8.67. The summed E-state index contributed by atoms with van der Waals surface area (Å²) >= 11 is 0. The first-order valence-corrected chi connectivity index (χ1v) is 11.5. The van der Waals surface area contributed by atoms with Crippen LogP contribution in [0.3, 0.4) is 0 Å². The quantitative estimate of drug-likeness (QED) is 0.632. The molecule has 1 aliphatic rings. The highest BCUT2D eigenvalue weighted by atomic mass is 16.5. The molecule has 3 amide bonds. The zero-order valence-corrected chi connectivity index (χ0v) is 20.6. The van der Waals surface area contributed by atoms with E-state index in [1.807, 2.05) is 51.1 Å². The van der Waals surface area contributed by atoms with Gasteiger partial charge >= 0.3 is 6.03 Å². The van der Waals surface area contributed by atoms with E-state index in [0.29, 0.717) is 44.2 Å². The molecule has 1 N–H and O–H groups in total. The summed E-state index contributed by atoms with van der Waals surface area (Å²) in [6, 6.07) is 9.30. The van der Waals surface area contributed by atoms with Crippen molar-refractivity contribution in [2.75, 3.05) is 58.4 Å². The van der Waals surface area contributed by atoms with Crippen LogP contribution in [0, 0.1) is 0 Å². The molecule has 10 nitrogen and oxygen atoms in total. The highest BCUT2D eigenvalue weighted by Gasteiger charge is 2.25. The van der Waals surface area contributed by atoms with Crippen LogP contribution < -0.4 is 19.7 Å². The lowest BCUT2D eigenvalue weighted by molar-refractivity contribution is -0.132. The minimum Gasteiger partial charge on any atom is -0.493 e. The molecule has 2 aromatic rings. The summed E-state index contributed by atoms with van der Waals surface area (Å²) in [5, 5.41) is 11.6. The molecule has 1 aromatic carbocycles. The van der Waals surface area contributed by atoms with Gasteiger partial charge in [0, 0.05) is 44.3 Å². The Balaban J connectivity index is 1.57. The summed E-state index contributed by atoms with van der Waals surface area (Å²) in [5.74, 6) is 2.01. The Morgan fingerprint density at radius 3 is 2.29 bits per heavy atom. The third kappa shape index (κ3) is 6.06. The van der Waals surface area contributed by atoms with Gasteiger partial charge in [0.15, 0.2) is 17.3 Å². The summed E-state index contributed by atoms with van der Waals surface area (Å²) in [4.78, 5) is 30.4. The molecule has 1 saturated heterocycles. The standard InChI is InChI=1S/C24H34N6O4/c1-6-28(24(32)25-17(2)3)16-23(31)30-13-11-29(12-14-30)22-10-8-19(26-27-22)18-7-9-20(33-4)21(15-18)34-5/h7-10,15,17H,6,11-14,16H2,1-5H3,(H,25,32). The van der Waals surface area contributed by atoms with Crippen LogP contribution in [0.25, 0.3) is 11.3 Å². The van der Waals surface area contributed by atoms with Gasteiger partial charge in [-0.3, -0.25) is 4.79 Å². The van der Waals surface area contributed by atoms with Crippen LogP contribution >= 0.6 is 0 Å². The van der Waals surface area contributed by atoms with E-state index in [-0.39, 0.29) is 24.5 Å². The predicted molar refractivity (Wildman–Crippen MR) is 130 cm³/mol. The van der Waals surface area contributed by atoms with Gasteiger partial charge in [-0.15, -0.1) is 10.2 Å². The topological polar surface area (TPSA) is 100 Å². The van der Waals surface area contributed by atoms with E-state index < -0.39 is 0 Å². The van der Waals surface area contributed by atoms with E-state index in [0.717, 1.165) is 17.1 Å². The smallest absolute Gasteiger partial charge is 0.318 e. The molecular formula is C24H34N6O4. The van der Waals surface area contributed by atoms with Gasteiger partial charge in [0.05, 0.1) is 19.9 Å².